The molecule has 116 valence electrons. The highest BCUT2D eigenvalue weighted by atomic mass is 32.2. The molecule has 0 N–H and O–H groups in total. The zero-order valence-electron chi connectivity index (χ0n) is 12.1. The number of nitro benzene ring substituents is 1. The van der Waals surface area contributed by atoms with Crippen LogP contribution in [0.5, 0.6) is 0 Å². The number of nitrogens with zero attached hydrogens (tertiary/aromatic N) is 5. The Morgan fingerprint density at radius 3 is 2.64 bits per heavy atom. The van der Waals surface area contributed by atoms with E-state index in [1.807, 2.05) is 4.68 Å². The molecule has 0 unspecified atom stereocenters. The van der Waals surface area contributed by atoms with Crippen molar-refractivity contribution in [3.63, 3.8) is 0 Å². The molecule has 1 heterocycles. The van der Waals surface area contributed by atoms with Crippen LogP contribution in [0.1, 0.15) is 43.7 Å². The Balaban J connectivity index is 1.64. The highest BCUT2D eigenvalue weighted by Gasteiger charge is 2.20. The molecule has 2 aromatic rings. The maximum absolute atomic E-state index is 10.6. The van der Waals surface area contributed by atoms with Gasteiger partial charge in [0.05, 0.1) is 11.0 Å². The summed E-state index contributed by atoms with van der Waals surface area (Å²) in [6.45, 7) is 0. The fourth-order valence-electron chi connectivity index (χ4n) is 2.70. The number of non-ortho nitro benzene ring substituents is 1. The van der Waals surface area contributed by atoms with Crippen molar-refractivity contribution < 1.29 is 4.92 Å². The molecule has 1 aliphatic carbocycles. The van der Waals surface area contributed by atoms with Crippen LogP contribution >= 0.6 is 11.8 Å². The van der Waals surface area contributed by atoms with E-state index in [1.165, 1.54) is 31.4 Å². The molecule has 1 aromatic heterocycles. The van der Waals surface area contributed by atoms with Crippen LogP contribution in [0.3, 0.4) is 0 Å². The van der Waals surface area contributed by atoms with E-state index >= 15 is 0 Å². The van der Waals surface area contributed by atoms with Crippen LogP contribution < -0.4 is 0 Å². The van der Waals surface area contributed by atoms with Gasteiger partial charge < -0.3 is 0 Å². The third kappa shape index (κ3) is 3.44. The minimum atomic E-state index is -0.388. The Morgan fingerprint density at radius 1 is 1.23 bits per heavy atom. The van der Waals surface area contributed by atoms with E-state index in [9.17, 15) is 10.1 Å². The van der Waals surface area contributed by atoms with E-state index in [1.54, 1.807) is 23.9 Å². The van der Waals surface area contributed by atoms with Crippen molar-refractivity contribution in [1.82, 2.24) is 20.2 Å². The smallest absolute Gasteiger partial charge is 0.258 e. The maximum atomic E-state index is 10.6. The molecule has 0 saturated heterocycles. The van der Waals surface area contributed by atoms with Crippen LogP contribution in [0.15, 0.2) is 29.4 Å². The quantitative estimate of drug-likeness (QED) is 0.477. The predicted molar refractivity (Wildman–Crippen MR) is 82.6 cm³/mol. The topological polar surface area (TPSA) is 86.7 Å². The number of aromatic nitrogens is 4. The highest BCUT2D eigenvalue weighted by Crippen LogP contribution is 2.31. The maximum Gasteiger partial charge on any atom is 0.269 e. The molecular formula is C14H17N5O2S. The fraction of sp³-hybridized carbons (Fsp3) is 0.500. The van der Waals surface area contributed by atoms with Gasteiger partial charge in [-0.2, -0.15) is 0 Å². The van der Waals surface area contributed by atoms with Crippen molar-refractivity contribution >= 4 is 17.4 Å². The van der Waals surface area contributed by atoms with Gasteiger partial charge >= 0.3 is 0 Å². The number of thioether (sulfide) groups is 1. The van der Waals surface area contributed by atoms with Gasteiger partial charge in [0.15, 0.2) is 0 Å². The van der Waals surface area contributed by atoms with Gasteiger partial charge in [-0.1, -0.05) is 43.2 Å². The number of hydrogen-bond donors (Lipinski definition) is 0. The molecule has 1 saturated carbocycles. The van der Waals surface area contributed by atoms with Crippen molar-refractivity contribution in [3.8, 4) is 0 Å². The zero-order chi connectivity index (χ0) is 15.4. The van der Waals surface area contributed by atoms with Crippen LogP contribution in [0.4, 0.5) is 5.69 Å². The second-order valence-corrected chi connectivity index (χ2v) is 6.35. The predicted octanol–water partition coefficient (Wildman–Crippen LogP) is 3.38. The van der Waals surface area contributed by atoms with Gasteiger partial charge in [-0.25, -0.2) is 4.68 Å². The second kappa shape index (κ2) is 6.87. The summed E-state index contributed by atoms with van der Waals surface area (Å²) >= 11 is 1.57. The molecule has 1 fully saturated rings. The van der Waals surface area contributed by atoms with Gasteiger partial charge in [0.25, 0.3) is 5.69 Å². The minimum Gasteiger partial charge on any atom is -0.258 e. The summed E-state index contributed by atoms with van der Waals surface area (Å²) in [6.07, 6.45) is 6.03. The van der Waals surface area contributed by atoms with Crippen LogP contribution in [0.25, 0.3) is 0 Å². The van der Waals surface area contributed by atoms with Crippen molar-refractivity contribution in [3.05, 3.63) is 39.9 Å². The van der Waals surface area contributed by atoms with Crippen LogP contribution in [0.2, 0.25) is 0 Å². The summed E-state index contributed by atoms with van der Waals surface area (Å²) in [4.78, 5) is 10.3. The van der Waals surface area contributed by atoms with Crippen LogP contribution in [-0.4, -0.2) is 25.1 Å². The molecular weight excluding hydrogens is 302 g/mol. The molecule has 0 radical (unpaired) electrons. The first-order valence-electron chi connectivity index (χ1n) is 7.38. The molecule has 3 rings (SSSR count). The molecule has 8 heteroatoms. The monoisotopic (exact) mass is 319 g/mol. The van der Waals surface area contributed by atoms with E-state index in [2.05, 4.69) is 15.5 Å². The number of tetrazole rings is 1. The van der Waals surface area contributed by atoms with Crippen molar-refractivity contribution in [1.29, 1.82) is 0 Å². The first kappa shape index (κ1) is 15.0. The third-order valence-electron chi connectivity index (χ3n) is 3.90. The Kier molecular flexibility index (Phi) is 4.67. The minimum absolute atomic E-state index is 0.112. The van der Waals surface area contributed by atoms with Crippen LogP contribution in [-0.2, 0) is 5.75 Å². The molecule has 0 aliphatic heterocycles. The molecule has 0 bridgehead atoms. The molecule has 0 atom stereocenters. The summed E-state index contributed by atoms with van der Waals surface area (Å²) in [5, 5.41) is 23.5. The van der Waals surface area contributed by atoms with Gasteiger partial charge in [0.2, 0.25) is 5.16 Å². The third-order valence-corrected chi connectivity index (χ3v) is 4.90. The van der Waals surface area contributed by atoms with Crippen molar-refractivity contribution in [2.45, 2.75) is 49.1 Å². The summed E-state index contributed by atoms with van der Waals surface area (Å²) in [5.41, 5.74) is 1.13. The van der Waals surface area contributed by atoms with E-state index in [-0.39, 0.29) is 10.6 Å². The Hall–Kier alpha value is -1.96. The molecule has 22 heavy (non-hydrogen) atoms. The highest BCUT2D eigenvalue weighted by molar-refractivity contribution is 7.98. The molecule has 1 aromatic carbocycles. The van der Waals surface area contributed by atoms with Crippen molar-refractivity contribution in [2.75, 3.05) is 0 Å². The fourth-order valence-corrected chi connectivity index (χ4v) is 3.60. The normalized spacial score (nSPS) is 15.8. The van der Waals surface area contributed by atoms with Crippen molar-refractivity contribution in [2.24, 2.45) is 0 Å². The van der Waals surface area contributed by atoms with Crippen LogP contribution in [0, 0.1) is 10.1 Å². The standard InChI is InChI=1S/C14H17N5O2S/c20-19(21)13-8-6-11(7-9-13)10-22-14-15-16-17-18(14)12-4-2-1-3-5-12/h6-9,12H,1-5,10H2. The Labute approximate surface area is 132 Å². The lowest BCUT2D eigenvalue weighted by molar-refractivity contribution is -0.384. The molecule has 0 spiro atoms. The summed E-state index contributed by atoms with van der Waals surface area (Å²) in [6, 6.07) is 7.02. The average molecular weight is 319 g/mol. The first-order chi connectivity index (χ1) is 10.7. The van der Waals surface area contributed by atoms with Gasteiger partial charge in [0, 0.05) is 17.9 Å². The first-order valence-corrected chi connectivity index (χ1v) is 8.36. The van der Waals surface area contributed by atoms with E-state index in [0.29, 0.717) is 11.8 Å². The number of nitro groups is 1. The SMILES string of the molecule is O=[N+]([O-])c1ccc(CSc2nnnn2C2CCCCC2)cc1. The van der Waals surface area contributed by atoms with Gasteiger partial charge in [0.1, 0.15) is 0 Å². The number of benzene rings is 1. The van der Waals surface area contributed by atoms with E-state index in [0.717, 1.165) is 23.6 Å². The molecule has 7 nitrogen and oxygen atoms in total. The number of hydrogen-bond acceptors (Lipinski definition) is 6. The Morgan fingerprint density at radius 2 is 1.95 bits per heavy atom. The summed E-state index contributed by atoms with van der Waals surface area (Å²) in [5.74, 6) is 0.699. The zero-order valence-corrected chi connectivity index (χ0v) is 12.9. The van der Waals surface area contributed by atoms with Gasteiger partial charge in [-0.05, 0) is 28.8 Å². The summed E-state index contributed by atoms with van der Waals surface area (Å²) in [7, 11) is 0. The lowest BCUT2D eigenvalue weighted by atomic mass is 9.96. The van der Waals surface area contributed by atoms with E-state index < -0.39 is 0 Å². The van der Waals surface area contributed by atoms with Gasteiger partial charge in [-0.3, -0.25) is 10.1 Å². The lowest BCUT2D eigenvalue weighted by Gasteiger charge is -2.21. The summed E-state index contributed by atoms with van der Waals surface area (Å²) < 4.78 is 1.94. The largest absolute Gasteiger partial charge is 0.269 e. The number of rotatable bonds is 5. The average Bonchev–Trinajstić information content (AvgIpc) is 3.02. The van der Waals surface area contributed by atoms with Gasteiger partial charge in [-0.15, -0.1) is 5.10 Å². The Bertz CT molecular complexity index is 637. The molecule has 1 aliphatic rings. The lowest BCUT2D eigenvalue weighted by Crippen LogP contribution is -2.15. The van der Waals surface area contributed by atoms with E-state index in [4.69, 9.17) is 0 Å². The molecule has 0 amide bonds. The second-order valence-electron chi connectivity index (χ2n) is 5.41.